The summed E-state index contributed by atoms with van der Waals surface area (Å²) in [5.74, 6) is -0.487. The van der Waals surface area contributed by atoms with Crippen LogP contribution in [-0.4, -0.2) is 20.9 Å². The van der Waals surface area contributed by atoms with Crippen molar-refractivity contribution in [3.63, 3.8) is 0 Å². The van der Waals surface area contributed by atoms with Crippen molar-refractivity contribution in [2.24, 2.45) is 0 Å². The maximum Gasteiger partial charge on any atom is 0.264 e. The summed E-state index contributed by atoms with van der Waals surface area (Å²) in [5, 5.41) is 3.72. The number of halogens is 2. The number of nitrogens with zero attached hydrogens (tertiary/aromatic N) is 1. The highest BCUT2D eigenvalue weighted by molar-refractivity contribution is 7.92. The molecule has 3 aromatic carbocycles. The van der Waals surface area contributed by atoms with E-state index in [0.717, 1.165) is 9.87 Å². The Morgan fingerprint density at radius 3 is 2.33 bits per heavy atom. The molecular weight excluding hydrogens is 443 g/mol. The van der Waals surface area contributed by atoms with Gasteiger partial charge in [0.2, 0.25) is 5.91 Å². The fourth-order valence-corrected chi connectivity index (χ4v) is 4.87. The Morgan fingerprint density at radius 2 is 1.67 bits per heavy atom. The molecule has 0 saturated heterocycles. The van der Waals surface area contributed by atoms with Gasteiger partial charge >= 0.3 is 0 Å². The molecule has 1 N–H and O–H groups in total. The van der Waals surface area contributed by atoms with Crippen molar-refractivity contribution < 1.29 is 13.2 Å². The van der Waals surface area contributed by atoms with Gasteiger partial charge in [-0.15, -0.1) is 0 Å². The second-order valence-corrected chi connectivity index (χ2v) is 9.42. The van der Waals surface area contributed by atoms with Crippen molar-refractivity contribution in [2.45, 2.75) is 18.7 Å². The number of hydrogen-bond donors (Lipinski definition) is 1. The van der Waals surface area contributed by atoms with Gasteiger partial charge in [0.1, 0.15) is 6.54 Å². The lowest BCUT2D eigenvalue weighted by atomic mass is 10.2. The van der Waals surface area contributed by atoms with E-state index < -0.39 is 22.5 Å². The molecule has 0 radical (unpaired) electrons. The lowest BCUT2D eigenvalue weighted by Gasteiger charge is -2.26. The maximum atomic E-state index is 13.4. The first-order valence-corrected chi connectivity index (χ1v) is 11.3. The van der Waals surface area contributed by atoms with E-state index in [0.29, 0.717) is 27.0 Å². The van der Waals surface area contributed by atoms with E-state index in [1.165, 1.54) is 12.1 Å². The summed E-state index contributed by atoms with van der Waals surface area (Å²) in [6, 6.07) is 18.0. The number of anilines is 2. The number of sulfonamides is 1. The van der Waals surface area contributed by atoms with Crippen LogP contribution in [0.1, 0.15) is 11.1 Å². The number of carbonyl (C=O) groups is 1. The minimum absolute atomic E-state index is 0.0832. The van der Waals surface area contributed by atoms with Gasteiger partial charge in [0.25, 0.3) is 10.0 Å². The van der Waals surface area contributed by atoms with Crippen LogP contribution in [-0.2, 0) is 14.8 Å². The van der Waals surface area contributed by atoms with Crippen LogP contribution >= 0.6 is 23.2 Å². The van der Waals surface area contributed by atoms with Crippen molar-refractivity contribution in [3.05, 3.63) is 87.9 Å². The number of rotatable bonds is 6. The first-order chi connectivity index (χ1) is 14.2. The Morgan fingerprint density at radius 1 is 0.967 bits per heavy atom. The zero-order valence-corrected chi connectivity index (χ0v) is 18.7. The lowest BCUT2D eigenvalue weighted by molar-refractivity contribution is -0.114. The number of carbonyl (C=O) groups excluding carboxylic acids is 1. The van der Waals surface area contributed by atoms with Crippen LogP contribution < -0.4 is 9.62 Å². The Labute approximate surface area is 186 Å². The molecule has 0 saturated carbocycles. The van der Waals surface area contributed by atoms with Crippen LogP contribution in [0.15, 0.2) is 71.6 Å². The van der Waals surface area contributed by atoms with Gasteiger partial charge in [0.15, 0.2) is 0 Å². The number of benzene rings is 3. The maximum absolute atomic E-state index is 13.4. The fourth-order valence-electron chi connectivity index (χ4n) is 2.97. The van der Waals surface area contributed by atoms with Gasteiger partial charge in [-0.3, -0.25) is 9.10 Å². The zero-order chi connectivity index (χ0) is 21.9. The van der Waals surface area contributed by atoms with Gasteiger partial charge in [-0.1, -0.05) is 47.5 Å². The summed E-state index contributed by atoms with van der Waals surface area (Å²) in [6.07, 6.45) is 0. The smallest absolute Gasteiger partial charge is 0.264 e. The standard InChI is InChI=1S/C22H20Cl2N2O3S/c1-15-13-17(23)11-12-20(15)25-22(27)14-26(21-10-6-9-19(24)16(21)2)30(28,29)18-7-4-3-5-8-18/h3-13H,14H2,1-2H3,(H,25,27). The van der Waals surface area contributed by atoms with Crippen molar-refractivity contribution in [1.29, 1.82) is 0 Å². The molecule has 156 valence electrons. The van der Waals surface area contributed by atoms with Crippen molar-refractivity contribution in [2.75, 3.05) is 16.2 Å². The molecule has 0 heterocycles. The zero-order valence-electron chi connectivity index (χ0n) is 16.4. The first kappa shape index (κ1) is 22.2. The molecule has 0 aliphatic rings. The number of hydrogen-bond acceptors (Lipinski definition) is 3. The lowest BCUT2D eigenvalue weighted by Crippen LogP contribution is -2.38. The molecule has 0 atom stereocenters. The normalized spacial score (nSPS) is 11.2. The van der Waals surface area contributed by atoms with E-state index in [9.17, 15) is 13.2 Å². The first-order valence-electron chi connectivity index (χ1n) is 9.09. The van der Waals surface area contributed by atoms with Gasteiger partial charge in [0, 0.05) is 15.7 Å². The fraction of sp³-hybridized carbons (Fsp3) is 0.136. The molecule has 0 fully saturated rings. The molecule has 30 heavy (non-hydrogen) atoms. The highest BCUT2D eigenvalue weighted by Crippen LogP contribution is 2.31. The monoisotopic (exact) mass is 462 g/mol. The van der Waals surface area contributed by atoms with E-state index in [1.54, 1.807) is 68.4 Å². The van der Waals surface area contributed by atoms with E-state index >= 15 is 0 Å². The third-order valence-corrected chi connectivity index (χ3v) is 7.01. The minimum atomic E-state index is -4.00. The molecule has 0 spiro atoms. The van der Waals surface area contributed by atoms with Crippen LogP contribution in [0, 0.1) is 13.8 Å². The SMILES string of the molecule is Cc1cc(Cl)ccc1NC(=O)CN(c1cccc(Cl)c1C)S(=O)(=O)c1ccccc1. The van der Waals surface area contributed by atoms with E-state index in [-0.39, 0.29) is 4.90 Å². The largest absolute Gasteiger partial charge is 0.324 e. The van der Waals surface area contributed by atoms with E-state index in [1.807, 2.05) is 0 Å². The number of amides is 1. The summed E-state index contributed by atoms with van der Waals surface area (Å²) in [6.45, 7) is 3.11. The third-order valence-electron chi connectivity index (χ3n) is 4.59. The molecule has 0 aliphatic heterocycles. The van der Waals surface area contributed by atoms with Gasteiger partial charge in [-0.25, -0.2) is 8.42 Å². The summed E-state index contributed by atoms with van der Waals surface area (Å²) in [4.78, 5) is 12.9. The second-order valence-electron chi connectivity index (χ2n) is 6.72. The van der Waals surface area contributed by atoms with Crippen molar-refractivity contribution in [3.8, 4) is 0 Å². The third kappa shape index (κ3) is 4.78. The Hall–Kier alpha value is -2.54. The van der Waals surface area contributed by atoms with Gasteiger partial charge < -0.3 is 5.32 Å². The molecule has 8 heteroatoms. The Bertz CT molecular complexity index is 1180. The van der Waals surface area contributed by atoms with E-state index in [2.05, 4.69) is 5.32 Å². The molecule has 3 rings (SSSR count). The van der Waals surface area contributed by atoms with Crippen LogP contribution in [0.4, 0.5) is 11.4 Å². The van der Waals surface area contributed by atoms with E-state index in [4.69, 9.17) is 23.2 Å². The Kier molecular flexibility index (Phi) is 6.71. The molecule has 0 unspecified atom stereocenters. The summed E-state index contributed by atoms with van der Waals surface area (Å²) >= 11 is 12.2. The van der Waals surface area contributed by atoms with Gasteiger partial charge in [0.05, 0.1) is 10.6 Å². The highest BCUT2D eigenvalue weighted by Gasteiger charge is 2.28. The predicted molar refractivity (Wildman–Crippen MR) is 122 cm³/mol. The Balaban J connectivity index is 1.99. The molecule has 1 amide bonds. The van der Waals surface area contributed by atoms with Crippen molar-refractivity contribution in [1.82, 2.24) is 0 Å². The average Bonchev–Trinajstić information content (AvgIpc) is 2.71. The summed E-state index contributed by atoms with van der Waals surface area (Å²) in [7, 11) is -4.00. The molecule has 0 bridgehead atoms. The van der Waals surface area contributed by atoms with Crippen LogP contribution in [0.3, 0.4) is 0 Å². The highest BCUT2D eigenvalue weighted by atomic mass is 35.5. The van der Waals surface area contributed by atoms with Gasteiger partial charge in [-0.2, -0.15) is 0 Å². The molecular formula is C22H20Cl2N2O3S. The minimum Gasteiger partial charge on any atom is -0.324 e. The van der Waals surface area contributed by atoms with Crippen LogP contribution in [0.25, 0.3) is 0 Å². The molecule has 0 aliphatic carbocycles. The summed E-state index contributed by atoms with van der Waals surface area (Å²) in [5.41, 5.74) is 2.24. The van der Waals surface area contributed by atoms with Crippen molar-refractivity contribution >= 4 is 50.5 Å². The summed E-state index contributed by atoms with van der Waals surface area (Å²) < 4.78 is 27.8. The molecule has 0 aromatic heterocycles. The molecule has 5 nitrogen and oxygen atoms in total. The number of nitrogens with one attached hydrogen (secondary N) is 1. The topological polar surface area (TPSA) is 66.5 Å². The average molecular weight is 463 g/mol. The molecule has 3 aromatic rings. The second kappa shape index (κ2) is 9.08. The van der Waals surface area contributed by atoms with Crippen LogP contribution in [0.5, 0.6) is 0 Å². The predicted octanol–water partition coefficient (Wildman–Crippen LogP) is 5.44. The van der Waals surface area contributed by atoms with Gasteiger partial charge in [-0.05, 0) is 67.4 Å². The quantitative estimate of drug-likeness (QED) is 0.529. The number of aryl methyl sites for hydroxylation is 1. The van der Waals surface area contributed by atoms with Crippen LogP contribution in [0.2, 0.25) is 10.0 Å².